The van der Waals surface area contributed by atoms with Crippen molar-refractivity contribution in [2.24, 2.45) is 5.14 Å². The number of nitrogens with two attached hydrogens (primary N) is 1. The lowest BCUT2D eigenvalue weighted by atomic mass is 9.98. The zero-order valence-corrected chi connectivity index (χ0v) is 11.0. The molecule has 0 amide bonds. The molecule has 96 valence electrons. The van der Waals surface area contributed by atoms with Crippen molar-refractivity contribution in [3.8, 4) is 11.1 Å². The van der Waals surface area contributed by atoms with E-state index in [1.165, 1.54) is 22.3 Å². The minimum absolute atomic E-state index is 0.100. The number of ether oxygens (including phenoxy) is 1. The van der Waals surface area contributed by atoms with Gasteiger partial charge in [-0.25, -0.2) is 4.79 Å². The van der Waals surface area contributed by atoms with Crippen molar-refractivity contribution < 1.29 is 9.53 Å². The van der Waals surface area contributed by atoms with Gasteiger partial charge in [-0.1, -0.05) is 48.5 Å². The van der Waals surface area contributed by atoms with E-state index in [-0.39, 0.29) is 5.92 Å². The molecule has 0 bridgehead atoms. The maximum atomic E-state index is 11.2. The van der Waals surface area contributed by atoms with Crippen LogP contribution < -0.4 is 5.14 Å². The molecule has 0 aliphatic heterocycles. The Morgan fingerprint density at radius 2 is 1.58 bits per heavy atom. The van der Waals surface area contributed by atoms with Gasteiger partial charge in [-0.05, 0) is 22.3 Å². The summed E-state index contributed by atoms with van der Waals surface area (Å²) in [6, 6.07) is 16.5. The molecule has 0 atom stereocenters. The second-order valence-corrected chi connectivity index (χ2v) is 4.97. The minimum Gasteiger partial charge on any atom is -0.456 e. The summed E-state index contributed by atoms with van der Waals surface area (Å²) in [5.41, 5.74) is 4.86. The molecule has 0 fully saturated rings. The van der Waals surface area contributed by atoms with Crippen molar-refractivity contribution in [2.75, 3.05) is 6.61 Å². The van der Waals surface area contributed by atoms with Gasteiger partial charge in [0.05, 0.1) is 0 Å². The smallest absolute Gasteiger partial charge is 0.382 e. The summed E-state index contributed by atoms with van der Waals surface area (Å²) in [5.74, 6) is 0.100. The van der Waals surface area contributed by atoms with Crippen molar-refractivity contribution in [1.29, 1.82) is 0 Å². The fourth-order valence-electron chi connectivity index (χ4n) is 2.62. The van der Waals surface area contributed by atoms with Crippen LogP contribution in [0.4, 0.5) is 4.79 Å². The van der Waals surface area contributed by atoms with Crippen molar-refractivity contribution in [2.45, 2.75) is 5.92 Å². The normalized spacial score (nSPS) is 12.9. The number of fused-ring (bicyclic) bond motifs is 3. The highest BCUT2D eigenvalue weighted by molar-refractivity contribution is 8.11. The summed E-state index contributed by atoms with van der Waals surface area (Å²) in [5, 5.41) is 4.75. The highest BCUT2D eigenvalue weighted by atomic mass is 32.2. The average molecular weight is 271 g/mol. The first-order chi connectivity index (χ1) is 9.31. The van der Waals surface area contributed by atoms with Gasteiger partial charge in [-0.2, -0.15) is 0 Å². The van der Waals surface area contributed by atoms with Crippen LogP contribution in [0, 0.1) is 0 Å². The first-order valence-electron chi connectivity index (χ1n) is 6.03. The van der Waals surface area contributed by atoms with E-state index >= 15 is 0 Å². The van der Waals surface area contributed by atoms with Gasteiger partial charge >= 0.3 is 5.30 Å². The standard InChI is InChI=1S/C15H13NO2S/c16-19-15(17)18-9-14-12-7-3-1-5-10(12)11-6-2-4-8-13(11)14/h1-8,14H,9,16H2. The zero-order chi connectivity index (χ0) is 13.2. The van der Waals surface area contributed by atoms with Gasteiger partial charge in [0.1, 0.15) is 6.61 Å². The highest BCUT2D eigenvalue weighted by Gasteiger charge is 2.28. The number of benzene rings is 2. The third-order valence-electron chi connectivity index (χ3n) is 3.43. The third-order valence-corrected chi connectivity index (χ3v) is 3.74. The van der Waals surface area contributed by atoms with Crippen LogP contribution in [0.1, 0.15) is 17.0 Å². The van der Waals surface area contributed by atoms with Gasteiger partial charge < -0.3 is 4.74 Å². The van der Waals surface area contributed by atoms with Crippen LogP contribution in [0.3, 0.4) is 0 Å². The molecule has 0 heterocycles. The largest absolute Gasteiger partial charge is 0.456 e. The molecule has 0 radical (unpaired) electrons. The van der Waals surface area contributed by atoms with Crippen LogP contribution in [0.5, 0.6) is 0 Å². The molecule has 4 heteroatoms. The summed E-state index contributed by atoms with van der Waals surface area (Å²) >= 11 is 0.610. The predicted molar refractivity (Wildman–Crippen MR) is 76.8 cm³/mol. The minimum atomic E-state index is -0.443. The maximum Gasteiger partial charge on any atom is 0.382 e. The fraction of sp³-hybridized carbons (Fsp3) is 0.133. The van der Waals surface area contributed by atoms with Crippen LogP contribution >= 0.6 is 11.9 Å². The van der Waals surface area contributed by atoms with E-state index in [0.717, 1.165) is 0 Å². The van der Waals surface area contributed by atoms with Gasteiger partial charge in [0.2, 0.25) is 0 Å². The lowest BCUT2D eigenvalue weighted by Gasteiger charge is -2.13. The number of carbonyl (C=O) groups excluding carboxylic acids is 1. The van der Waals surface area contributed by atoms with E-state index < -0.39 is 5.30 Å². The summed E-state index contributed by atoms with van der Waals surface area (Å²) in [6.45, 7) is 0.330. The Hall–Kier alpha value is -1.78. The lowest BCUT2D eigenvalue weighted by molar-refractivity contribution is 0.171. The van der Waals surface area contributed by atoms with Crippen LogP contribution in [0.2, 0.25) is 0 Å². The van der Waals surface area contributed by atoms with Crippen LogP contribution in [0.25, 0.3) is 11.1 Å². The van der Waals surface area contributed by atoms with Crippen LogP contribution in [-0.2, 0) is 4.74 Å². The van der Waals surface area contributed by atoms with Gasteiger partial charge in [0.15, 0.2) is 0 Å². The summed E-state index contributed by atoms with van der Waals surface area (Å²) < 4.78 is 5.19. The quantitative estimate of drug-likeness (QED) is 0.670. The van der Waals surface area contributed by atoms with E-state index in [0.29, 0.717) is 18.6 Å². The van der Waals surface area contributed by atoms with E-state index in [1.54, 1.807) is 0 Å². The molecule has 2 N–H and O–H groups in total. The third kappa shape index (κ3) is 2.13. The molecule has 0 unspecified atom stereocenters. The van der Waals surface area contributed by atoms with Crippen molar-refractivity contribution in [3.63, 3.8) is 0 Å². The molecule has 1 aliphatic carbocycles. The van der Waals surface area contributed by atoms with Crippen molar-refractivity contribution in [3.05, 3.63) is 59.7 Å². The lowest BCUT2D eigenvalue weighted by Crippen LogP contribution is -2.10. The Morgan fingerprint density at radius 1 is 1.05 bits per heavy atom. The molecule has 0 saturated heterocycles. The maximum absolute atomic E-state index is 11.2. The number of carbonyl (C=O) groups is 1. The predicted octanol–water partition coefficient (Wildman–Crippen LogP) is 3.54. The summed E-state index contributed by atoms with van der Waals surface area (Å²) in [7, 11) is 0. The summed E-state index contributed by atoms with van der Waals surface area (Å²) in [6.07, 6.45) is 0. The average Bonchev–Trinajstić information content (AvgIpc) is 2.79. The number of rotatable bonds is 2. The number of hydrogen-bond donors (Lipinski definition) is 1. The second kappa shape index (κ2) is 5.07. The fourth-order valence-corrected chi connectivity index (χ4v) is 2.76. The topological polar surface area (TPSA) is 52.3 Å². The Morgan fingerprint density at radius 3 is 2.11 bits per heavy atom. The molecule has 2 aromatic rings. The Bertz CT molecular complexity index is 582. The van der Waals surface area contributed by atoms with E-state index in [9.17, 15) is 4.79 Å². The molecule has 19 heavy (non-hydrogen) atoms. The SMILES string of the molecule is NSC(=O)OCC1c2ccccc2-c2ccccc21. The van der Waals surface area contributed by atoms with Gasteiger partial charge in [-0.15, -0.1) is 0 Å². The first-order valence-corrected chi connectivity index (χ1v) is 6.91. The molecule has 0 saturated carbocycles. The van der Waals surface area contributed by atoms with Gasteiger partial charge in [0, 0.05) is 17.9 Å². The molecule has 1 aliphatic rings. The van der Waals surface area contributed by atoms with Gasteiger partial charge in [0.25, 0.3) is 0 Å². The second-order valence-electron chi connectivity index (χ2n) is 4.41. The molecular formula is C15H13NO2S. The van der Waals surface area contributed by atoms with Crippen LogP contribution in [-0.4, -0.2) is 11.9 Å². The molecule has 0 spiro atoms. The molecular weight excluding hydrogens is 258 g/mol. The number of hydrogen-bond acceptors (Lipinski definition) is 4. The monoisotopic (exact) mass is 271 g/mol. The van der Waals surface area contributed by atoms with E-state index in [2.05, 4.69) is 24.3 Å². The molecule has 3 rings (SSSR count). The van der Waals surface area contributed by atoms with Crippen molar-refractivity contribution in [1.82, 2.24) is 0 Å². The highest BCUT2D eigenvalue weighted by Crippen LogP contribution is 2.44. The Balaban J connectivity index is 1.98. The molecule has 2 aromatic carbocycles. The molecule has 3 nitrogen and oxygen atoms in total. The van der Waals surface area contributed by atoms with Crippen molar-refractivity contribution >= 4 is 17.2 Å². The van der Waals surface area contributed by atoms with E-state index in [1.807, 2.05) is 24.3 Å². The zero-order valence-electron chi connectivity index (χ0n) is 10.2. The summed E-state index contributed by atoms with van der Waals surface area (Å²) in [4.78, 5) is 11.2. The van der Waals surface area contributed by atoms with E-state index in [4.69, 9.17) is 9.88 Å². The van der Waals surface area contributed by atoms with Crippen LogP contribution in [0.15, 0.2) is 48.5 Å². The van der Waals surface area contributed by atoms with Gasteiger partial charge in [-0.3, -0.25) is 5.14 Å². The Kier molecular flexibility index (Phi) is 3.27. The first kappa shape index (κ1) is 12.3. The Labute approximate surface area is 115 Å². The molecule has 0 aromatic heterocycles.